The molecule has 0 bridgehead atoms. The van der Waals surface area contributed by atoms with Crippen LogP contribution >= 0.6 is 0 Å². The Balaban J connectivity index is 2.11. The van der Waals surface area contributed by atoms with Crippen LogP contribution in [0.3, 0.4) is 0 Å². The highest BCUT2D eigenvalue weighted by atomic mass is 14.9. The van der Waals surface area contributed by atoms with Gasteiger partial charge in [0.1, 0.15) is 0 Å². The molecular weight excluding hydrogens is 268 g/mol. The van der Waals surface area contributed by atoms with Gasteiger partial charge in [0.15, 0.2) is 0 Å². The smallest absolute Gasteiger partial charge is 0.0705 e. The average molecular weight is 296 g/mol. The maximum Gasteiger partial charge on any atom is 0.0705 e. The van der Waals surface area contributed by atoms with Crippen molar-refractivity contribution in [3.05, 3.63) is 53.2 Å². The van der Waals surface area contributed by atoms with Gasteiger partial charge in [0.2, 0.25) is 0 Å². The molecule has 0 saturated heterocycles. The molecule has 1 N–H and O–H groups in total. The summed E-state index contributed by atoms with van der Waals surface area (Å²) in [6, 6.07) is 13.1. The molecule has 22 heavy (non-hydrogen) atoms. The van der Waals surface area contributed by atoms with Crippen molar-refractivity contribution in [3.63, 3.8) is 0 Å². The van der Waals surface area contributed by atoms with Crippen molar-refractivity contribution in [1.82, 2.24) is 10.3 Å². The van der Waals surface area contributed by atoms with Gasteiger partial charge < -0.3 is 5.32 Å². The van der Waals surface area contributed by atoms with Crippen molar-refractivity contribution in [2.24, 2.45) is 5.92 Å². The summed E-state index contributed by atoms with van der Waals surface area (Å²) in [5.74, 6) is 1.24. The second kappa shape index (κ2) is 7.55. The van der Waals surface area contributed by atoms with E-state index in [2.05, 4.69) is 76.3 Å². The Morgan fingerprint density at radius 2 is 1.64 bits per heavy atom. The summed E-state index contributed by atoms with van der Waals surface area (Å²) in [5.41, 5.74) is 6.01. The van der Waals surface area contributed by atoms with Crippen molar-refractivity contribution in [2.45, 2.75) is 47.1 Å². The molecular formula is C20H28N2. The minimum Gasteiger partial charge on any atom is -0.312 e. The molecule has 0 spiro atoms. The zero-order chi connectivity index (χ0) is 16.1. The Labute approximate surface area is 135 Å². The molecule has 0 saturated carbocycles. The van der Waals surface area contributed by atoms with Gasteiger partial charge in [0, 0.05) is 17.8 Å². The lowest BCUT2D eigenvalue weighted by atomic mass is 10.0. The van der Waals surface area contributed by atoms with E-state index >= 15 is 0 Å². The van der Waals surface area contributed by atoms with Gasteiger partial charge in [-0.1, -0.05) is 58.0 Å². The number of pyridine rings is 1. The van der Waals surface area contributed by atoms with Crippen LogP contribution < -0.4 is 5.32 Å². The summed E-state index contributed by atoms with van der Waals surface area (Å²) < 4.78 is 0. The first kappa shape index (κ1) is 16.7. The molecule has 0 fully saturated rings. The Kier molecular flexibility index (Phi) is 5.73. The first-order chi connectivity index (χ1) is 10.5. The van der Waals surface area contributed by atoms with E-state index in [0.717, 1.165) is 24.5 Å². The van der Waals surface area contributed by atoms with E-state index in [1.807, 2.05) is 0 Å². The molecule has 2 aromatic rings. The molecule has 118 valence electrons. The standard InChI is InChI=1S/C20H28N2/c1-14(2)12-21-13-19-10-11-20(22-16(19)5)18-8-6-17(7-9-18)15(3)4/h6-11,14-15,21H,12-13H2,1-5H3. The average Bonchev–Trinajstić information content (AvgIpc) is 2.48. The summed E-state index contributed by atoms with van der Waals surface area (Å²) in [6.07, 6.45) is 0. The van der Waals surface area contributed by atoms with Crippen LogP contribution in [0.2, 0.25) is 0 Å². The molecule has 0 aliphatic rings. The van der Waals surface area contributed by atoms with E-state index in [0.29, 0.717) is 11.8 Å². The van der Waals surface area contributed by atoms with Gasteiger partial charge in [-0.15, -0.1) is 0 Å². The van der Waals surface area contributed by atoms with Crippen molar-refractivity contribution in [2.75, 3.05) is 6.54 Å². The van der Waals surface area contributed by atoms with Gasteiger partial charge in [0.05, 0.1) is 5.69 Å². The normalized spacial score (nSPS) is 11.4. The molecule has 1 aromatic carbocycles. The van der Waals surface area contributed by atoms with Crippen LogP contribution in [0.1, 0.15) is 50.4 Å². The van der Waals surface area contributed by atoms with Gasteiger partial charge in [-0.05, 0) is 42.5 Å². The number of hydrogen-bond donors (Lipinski definition) is 1. The largest absolute Gasteiger partial charge is 0.312 e. The molecule has 0 atom stereocenters. The second-order valence-electron chi connectivity index (χ2n) is 6.74. The first-order valence-corrected chi connectivity index (χ1v) is 8.25. The van der Waals surface area contributed by atoms with Crippen LogP contribution in [0.25, 0.3) is 11.3 Å². The number of hydrogen-bond acceptors (Lipinski definition) is 2. The fourth-order valence-electron chi connectivity index (χ4n) is 2.47. The van der Waals surface area contributed by atoms with Crippen LogP contribution in [-0.4, -0.2) is 11.5 Å². The van der Waals surface area contributed by atoms with Gasteiger partial charge in [-0.25, -0.2) is 0 Å². The number of aromatic nitrogens is 1. The number of aryl methyl sites for hydroxylation is 1. The second-order valence-corrected chi connectivity index (χ2v) is 6.74. The molecule has 1 aromatic heterocycles. The van der Waals surface area contributed by atoms with Crippen LogP contribution in [-0.2, 0) is 6.54 Å². The Morgan fingerprint density at radius 3 is 2.18 bits per heavy atom. The fourth-order valence-corrected chi connectivity index (χ4v) is 2.47. The summed E-state index contributed by atoms with van der Waals surface area (Å²) >= 11 is 0. The molecule has 1 heterocycles. The highest BCUT2D eigenvalue weighted by Crippen LogP contribution is 2.22. The molecule has 0 amide bonds. The number of benzene rings is 1. The highest BCUT2D eigenvalue weighted by molar-refractivity contribution is 5.60. The Hall–Kier alpha value is -1.67. The minimum absolute atomic E-state index is 0.568. The van der Waals surface area contributed by atoms with Gasteiger partial charge in [-0.3, -0.25) is 4.98 Å². The molecule has 2 rings (SSSR count). The SMILES string of the molecule is Cc1nc(-c2ccc(C(C)C)cc2)ccc1CNCC(C)C. The van der Waals surface area contributed by atoms with Crippen molar-refractivity contribution in [3.8, 4) is 11.3 Å². The zero-order valence-electron chi connectivity index (χ0n) is 14.5. The Morgan fingerprint density at radius 1 is 0.955 bits per heavy atom. The van der Waals surface area contributed by atoms with Gasteiger partial charge >= 0.3 is 0 Å². The highest BCUT2D eigenvalue weighted by Gasteiger charge is 2.05. The molecule has 2 nitrogen and oxygen atoms in total. The van der Waals surface area contributed by atoms with E-state index in [1.54, 1.807) is 0 Å². The van der Waals surface area contributed by atoms with Gasteiger partial charge in [0.25, 0.3) is 0 Å². The molecule has 2 heteroatoms. The zero-order valence-corrected chi connectivity index (χ0v) is 14.5. The van der Waals surface area contributed by atoms with E-state index in [-0.39, 0.29) is 0 Å². The first-order valence-electron chi connectivity index (χ1n) is 8.25. The van der Waals surface area contributed by atoms with Crippen molar-refractivity contribution in [1.29, 1.82) is 0 Å². The summed E-state index contributed by atoms with van der Waals surface area (Å²) in [6.45, 7) is 12.9. The lowest BCUT2D eigenvalue weighted by Gasteiger charge is -2.11. The summed E-state index contributed by atoms with van der Waals surface area (Å²) in [7, 11) is 0. The van der Waals surface area contributed by atoms with Crippen LogP contribution in [0, 0.1) is 12.8 Å². The minimum atomic E-state index is 0.568. The quantitative estimate of drug-likeness (QED) is 0.818. The lowest BCUT2D eigenvalue weighted by molar-refractivity contribution is 0.551. The summed E-state index contributed by atoms with van der Waals surface area (Å²) in [5, 5.41) is 3.48. The van der Waals surface area contributed by atoms with Crippen LogP contribution in [0.15, 0.2) is 36.4 Å². The molecule has 0 radical (unpaired) electrons. The third kappa shape index (κ3) is 4.41. The maximum atomic E-state index is 4.78. The Bertz CT molecular complexity index is 598. The van der Waals surface area contributed by atoms with Crippen molar-refractivity contribution < 1.29 is 0 Å². The molecule has 0 aliphatic carbocycles. The van der Waals surface area contributed by atoms with E-state index < -0.39 is 0 Å². The van der Waals surface area contributed by atoms with Crippen molar-refractivity contribution >= 4 is 0 Å². The predicted molar refractivity (Wildman–Crippen MR) is 95.0 cm³/mol. The van der Waals surface area contributed by atoms with E-state index in [9.17, 15) is 0 Å². The van der Waals surface area contributed by atoms with Gasteiger partial charge in [-0.2, -0.15) is 0 Å². The topological polar surface area (TPSA) is 24.9 Å². The fraction of sp³-hybridized carbons (Fsp3) is 0.450. The molecule has 0 unspecified atom stereocenters. The monoisotopic (exact) mass is 296 g/mol. The third-order valence-corrected chi connectivity index (χ3v) is 3.94. The van der Waals surface area contributed by atoms with Crippen LogP contribution in [0.4, 0.5) is 0 Å². The van der Waals surface area contributed by atoms with E-state index in [4.69, 9.17) is 4.98 Å². The number of nitrogens with one attached hydrogen (secondary N) is 1. The summed E-state index contributed by atoms with van der Waals surface area (Å²) in [4.78, 5) is 4.78. The number of rotatable bonds is 6. The number of nitrogens with zero attached hydrogens (tertiary/aromatic N) is 1. The lowest BCUT2D eigenvalue weighted by Crippen LogP contribution is -2.19. The maximum absolute atomic E-state index is 4.78. The third-order valence-electron chi connectivity index (χ3n) is 3.94. The van der Waals surface area contributed by atoms with E-state index in [1.165, 1.54) is 16.7 Å². The molecule has 0 aliphatic heterocycles. The predicted octanol–water partition coefficient (Wildman–Crippen LogP) is 4.93. The van der Waals surface area contributed by atoms with Crippen LogP contribution in [0.5, 0.6) is 0 Å².